The molecule has 1 unspecified atom stereocenters. The average molecular weight is 662 g/mol. The summed E-state index contributed by atoms with van der Waals surface area (Å²) in [4.78, 5) is 10.00. The first-order valence-corrected chi connectivity index (χ1v) is 16.0. The summed E-state index contributed by atoms with van der Waals surface area (Å²) in [7, 11) is -9.37. The maximum atomic E-state index is 12.7. The molecule has 4 rings (SSSR count). The Morgan fingerprint density at radius 3 is 2.20 bits per heavy atom. The number of nitro groups is 1. The topological polar surface area (TPSA) is 192 Å². The van der Waals surface area contributed by atoms with Crippen LogP contribution in [0.4, 0.5) is 28.4 Å². The molecule has 4 aromatic carbocycles. The van der Waals surface area contributed by atoms with E-state index in [1.165, 1.54) is 24.3 Å². The fourth-order valence-corrected chi connectivity index (χ4v) is 6.48. The van der Waals surface area contributed by atoms with Crippen LogP contribution in [-0.2, 0) is 20.0 Å². The SMILES string of the molecule is CCC(O)COc1ccc(N=Nc2ccc(Nc3ccc(S(=O)(=O)[N-]S(=O)(=O)c4ccccc4)cc3[N+](=O)[O-])cc2)c(C)c1.[Na+]. The fourth-order valence-electron chi connectivity index (χ4n) is 3.76. The van der Waals surface area contributed by atoms with E-state index in [1.54, 1.807) is 48.5 Å². The van der Waals surface area contributed by atoms with Crippen molar-refractivity contribution in [3.63, 3.8) is 0 Å². The summed E-state index contributed by atoms with van der Waals surface area (Å²) in [6.07, 6.45) is 0.0500. The molecule has 230 valence electrons. The quantitative estimate of drug-likeness (QED) is 0.0931. The normalized spacial score (nSPS) is 12.3. The van der Waals surface area contributed by atoms with E-state index in [0.29, 0.717) is 29.2 Å². The van der Waals surface area contributed by atoms with E-state index in [4.69, 9.17) is 4.74 Å². The Balaban J connectivity index is 0.00000552. The largest absolute Gasteiger partial charge is 1.00 e. The van der Waals surface area contributed by atoms with Gasteiger partial charge in [-0.15, -0.1) is 0 Å². The molecule has 0 aliphatic carbocycles. The molecule has 4 aromatic rings. The Kier molecular flexibility index (Phi) is 12.3. The van der Waals surface area contributed by atoms with E-state index in [1.807, 2.05) is 13.8 Å². The molecule has 0 saturated heterocycles. The molecular formula is C29H28N5NaO8S2. The number of aliphatic hydroxyl groups excluding tert-OH is 1. The molecule has 0 aliphatic rings. The number of nitrogens with one attached hydrogen (secondary N) is 1. The maximum Gasteiger partial charge on any atom is 1.00 e. The zero-order chi connectivity index (χ0) is 31.9. The number of anilines is 2. The molecule has 16 heteroatoms. The first-order valence-electron chi connectivity index (χ1n) is 13.2. The number of rotatable bonds is 13. The van der Waals surface area contributed by atoms with E-state index < -0.39 is 41.7 Å². The van der Waals surface area contributed by atoms with Gasteiger partial charge in [0.15, 0.2) is 0 Å². The zero-order valence-electron chi connectivity index (χ0n) is 24.6. The molecule has 1 atom stereocenters. The zero-order valence-corrected chi connectivity index (χ0v) is 28.2. The second kappa shape index (κ2) is 15.5. The number of aryl methyl sites for hydroxylation is 1. The Morgan fingerprint density at radius 2 is 1.58 bits per heavy atom. The summed E-state index contributed by atoms with van der Waals surface area (Å²) >= 11 is 0. The molecule has 13 nitrogen and oxygen atoms in total. The molecule has 2 N–H and O–H groups in total. The van der Waals surface area contributed by atoms with Gasteiger partial charge in [0, 0.05) is 16.6 Å². The minimum absolute atomic E-state index is 0. The number of nitro benzene ring substituents is 1. The van der Waals surface area contributed by atoms with Gasteiger partial charge in [-0.3, -0.25) is 10.1 Å². The van der Waals surface area contributed by atoms with Gasteiger partial charge < -0.3 is 19.3 Å². The van der Waals surface area contributed by atoms with Crippen molar-refractivity contribution in [1.82, 2.24) is 0 Å². The number of azo groups is 1. The summed E-state index contributed by atoms with van der Waals surface area (Å²) in [6, 6.07) is 21.4. The van der Waals surface area contributed by atoms with Crippen LogP contribution in [0.1, 0.15) is 18.9 Å². The summed E-state index contributed by atoms with van der Waals surface area (Å²) in [6.45, 7) is 3.91. The molecule has 0 aromatic heterocycles. The molecule has 0 aliphatic heterocycles. The number of hydrogen-bond donors (Lipinski definition) is 2. The number of sulfonamides is 2. The van der Waals surface area contributed by atoms with Crippen LogP contribution in [0.25, 0.3) is 4.13 Å². The minimum atomic E-state index is -4.79. The third-order valence-corrected chi connectivity index (χ3v) is 9.49. The number of benzene rings is 4. The van der Waals surface area contributed by atoms with Gasteiger partial charge in [0.05, 0.1) is 27.3 Å². The Hall–Kier alpha value is -3.70. The Labute approximate surface area is 282 Å². The standard InChI is InChI=1S/C29H28N5O8S2.Na/c1-3-23(35)19-42-24-13-15-27(20(2)17-24)32-31-22-11-9-21(10-12-22)30-28-16-14-26(18-29(28)34(36)37)44(40,41)33-43(38,39)25-7-5-4-6-8-25;/h4-18,23,30,35H,3,19H2,1-2H3;/q-1;+1. The Bertz CT molecular complexity index is 1890. The molecule has 0 heterocycles. The van der Waals surface area contributed by atoms with E-state index in [-0.39, 0.29) is 46.7 Å². The van der Waals surface area contributed by atoms with Gasteiger partial charge in [-0.05, 0) is 85.6 Å². The van der Waals surface area contributed by atoms with Crippen molar-refractivity contribution < 1.29 is 61.2 Å². The van der Waals surface area contributed by atoms with Crippen LogP contribution in [0, 0.1) is 17.0 Å². The first kappa shape index (κ1) is 35.8. The Morgan fingerprint density at radius 1 is 0.911 bits per heavy atom. The van der Waals surface area contributed by atoms with Crippen molar-refractivity contribution in [2.24, 2.45) is 10.2 Å². The second-order valence-electron chi connectivity index (χ2n) is 9.47. The summed E-state index contributed by atoms with van der Waals surface area (Å²) in [5.74, 6) is 0.607. The van der Waals surface area contributed by atoms with Crippen molar-refractivity contribution in [1.29, 1.82) is 0 Å². The van der Waals surface area contributed by atoms with E-state index in [9.17, 15) is 32.1 Å². The van der Waals surface area contributed by atoms with Crippen molar-refractivity contribution in [3.8, 4) is 5.75 Å². The monoisotopic (exact) mass is 661 g/mol. The fraction of sp³-hybridized carbons (Fsp3) is 0.172. The van der Waals surface area contributed by atoms with Gasteiger partial charge in [-0.1, -0.05) is 25.1 Å². The van der Waals surface area contributed by atoms with Crippen molar-refractivity contribution in [2.75, 3.05) is 11.9 Å². The number of aliphatic hydroxyl groups is 1. The maximum absolute atomic E-state index is 12.7. The van der Waals surface area contributed by atoms with Gasteiger partial charge in [-0.2, -0.15) is 10.2 Å². The third-order valence-electron chi connectivity index (χ3n) is 6.20. The number of nitrogens with zero attached hydrogens (tertiary/aromatic N) is 4. The number of hydrogen-bond acceptors (Lipinski definition) is 11. The molecule has 0 radical (unpaired) electrons. The van der Waals surface area contributed by atoms with Gasteiger partial charge >= 0.3 is 29.6 Å². The van der Waals surface area contributed by atoms with Crippen LogP contribution < -0.4 is 39.6 Å². The van der Waals surface area contributed by atoms with E-state index in [0.717, 1.165) is 23.8 Å². The molecule has 0 saturated carbocycles. The predicted molar refractivity (Wildman–Crippen MR) is 164 cm³/mol. The van der Waals surface area contributed by atoms with Crippen molar-refractivity contribution >= 4 is 48.5 Å². The summed E-state index contributed by atoms with van der Waals surface area (Å²) in [5.41, 5.74) is 1.74. The van der Waals surface area contributed by atoms with Crippen LogP contribution in [0.5, 0.6) is 5.75 Å². The molecule has 0 fully saturated rings. The van der Waals surface area contributed by atoms with Crippen molar-refractivity contribution in [3.05, 3.63) is 111 Å². The average Bonchev–Trinajstić information content (AvgIpc) is 3.00. The van der Waals surface area contributed by atoms with E-state index >= 15 is 0 Å². The van der Waals surface area contributed by atoms with Gasteiger partial charge in [0.1, 0.15) is 38.1 Å². The van der Waals surface area contributed by atoms with Gasteiger partial charge in [0.25, 0.3) is 5.69 Å². The van der Waals surface area contributed by atoms with E-state index in [2.05, 4.69) is 19.7 Å². The molecule has 0 spiro atoms. The number of ether oxygens (including phenoxy) is 1. The second-order valence-corrected chi connectivity index (χ2v) is 12.9. The van der Waals surface area contributed by atoms with Gasteiger partial charge in [-0.25, -0.2) is 16.8 Å². The van der Waals surface area contributed by atoms with Gasteiger partial charge in [0.2, 0.25) is 0 Å². The van der Waals surface area contributed by atoms with Crippen LogP contribution in [0.15, 0.2) is 111 Å². The smallest absolute Gasteiger partial charge is 0.491 e. The van der Waals surface area contributed by atoms with Crippen LogP contribution >= 0.6 is 0 Å². The molecular weight excluding hydrogens is 633 g/mol. The summed E-state index contributed by atoms with van der Waals surface area (Å²) < 4.78 is 59.0. The predicted octanol–water partition coefficient (Wildman–Crippen LogP) is 3.67. The first-order chi connectivity index (χ1) is 20.9. The van der Waals surface area contributed by atoms with Crippen LogP contribution in [-0.4, -0.2) is 39.6 Å². The van der Waals surface area contributed by atoms with Crippen LogP contribution in [0.2, 0.25) is 0 Å². The molecule has 0 bridgehead atoms. The molecule has 0 amide bonds. The molecule has 45 heavy (non-hydrogen) atoms. The van der Waals surface area contributed by atoms with Crippen molar-refractivity contribution in [2.45, 2.75) is 36.2 Å². The summed E-state index contributed by atoms with van der Waals surface area (Å²) in [5, 5.41) is 32.8. The third kappa shape index (κ3) is 9.64. The minimum Gasteiger partial charge on any atom is -0.491 e. The van der Waals surface area contributed by atoms with Crippen LogP contribution in [0.3, 0.4) is 0 Å².